The van der Waals surface area contributed by atoms with E-state index in [1.807, 2.05) is 0 Å². The van der Waals surface area contributed by atoms with Crippen molar-refractivity contribution in [3.63, 3.8) is 0 Å². The van der Waals surface area contributed by atoms with E-state index in [-0.39, 0.29) is 17.2 Å². The van der Waals surface area contributed by atoms with Gasteiger partial charge in [-0.1, -0.05) is 19.1 Å². The molecule has 0 bridgehead atoms. The molecular weight excluding hydrogens is 308 g/mol. The second-order valence-corrected chi connectivity index (χ2v) is 6.61. The van der Waals surface area contributed by atoms with Crippen molar-refractivity contribution in [3.05, 3.63) is 35.4 Å². The fourth-order valence-electron chi connectivity index (χ4n) is 2.99. The highest BCUT2D eigenvalue weighted by molar-refractivity contribution is 5.87. The zero-order chi connectivity index (χ0) is 17.6. The molecule has 1 aliphatic rings. The number of aromatic carboxylic acids is 1. The van der Waals surface area contributed by atoms with E-state index in [0.717, 1.165) is 37.2 Å². The number of nitrogens with one attached hydrogen (secondary N) is 2. The van der Waals surface area contributed by atoms with Gasteiger partial charge < -0.3 is 20.5 Å². The van der Waals surface area contributed by atoms with E-state index in [4.69, 9.17) is 9.84 Å². The summed E-state index contributed by atoms with van der Waals surface area (Å²) < 4.78 is 5.68. The molecule has 0 atom stereocenters. The molecule has 0 radical (unpaired) electrons. The summed E-state index contributed by atoms with van der Waals surface area (Å²) in [6.45, 7) is 3.10. The average molecular weight is 334 g/mol. The van der Waals surface area contributed by atoms with Crippen LogP contribution in [0.1, 0.15) is 48.5 Å². The molecule has 0 aliphatic heterocycles. The molecule has 24 heavy (non-hydrogen) atoms. The summed E-state index contributed by atoms with van der Waals surface area (Å²) in [5.74, 6) is -0.241. The van der Waals surface area contributed by atoms with Crippen LogP contribution in [-0.2, 0) is 11.3 Å². The Bertz CT molecular complexity index is 563. The van der Waals surface area contributed by atoms with Gasteiger partial charge in [-0.3, -0.25) is 0 Å². The zero-order valence-corrected chi connectivity index (χ0v) is 14.3. The molecule has 3 N–H and O–H groups in total. The molecule has 0 heterocycles. The van der Waals surface area contributed by atoms with E-state index >= 15 is 0 Å². The van der Waals surface area contributed by atoms with Crippen molar-refractivity contribution in [2.45, 2.75) is 44.8 Å². The van der Waals surface area contributed by atoms with Crippen LogP contribution in [0.25, 0.3) is 0 Å². The van der Waals surface area contributed by atoms with E-state index in [9.17, 15) is 9.59 Å². The predicted molar refractivity (Wildman–Crippen MR) is 91.0 cm³/mol. The van der Waals surface area contributed by atoms with Gasteiger partial charge in [-0.2, -0.15) is 0 Å². The topological polar surface area (TPSA) is 87.7 Å². The number of benzene rings is 1. The number of carbonyl (C=O) groups is 2. The number of carboxylic acids is 1. The molecular formula is C18H26N2O4. The van der Waals surface area contributed by atoms with Gasteiger partial charge in [0.1, 0.15) is 0 Å². The Hall–Kier alpha value is -2.08. The lowest BCUT2D eigenvalue weighted by Crippen LogP contribution is -2.49. The fraction of sp³-hybridized carbons (Fsp3) is 0.556. The third-order valence-corrected chi connectivity index (χ3v) is 4.84. The van der Waals surface area contributed by atoms with E-state index in [1.165, 1.54) is 12.1 Å². The van der Waals surface area contributed by atoms with Gasteiger partial charge in [0, 0.05) is 20.2 Å². The minimum atomic E-state index is -0.959. The Morgan fingerprint density at radius 1 is 1.21 bits per heavy atom. The molecule has 2 rings (SSSR count). The second kappa shape index (κ2) is 8.15. The molecule has 1 aliphatic carbocycles. The maximum Gasteiger partial charge on any atom is 0.335 e. The molecule has 0 aromatic heterocycles. The van der Waals surface area contributed by atoms with Crippen LogP contribution >= 0.6 is 0 Å². The van der Waals surface area contributed by atoms with Crippen LogP contribution in [0.5, 0.6) is 0 Å². The first-order chi connectivity index (χ1) is 11.4. The Labute approximate surface area is 142 Å². The number of hydrogen-bond acceptors (Lipinski definition) is 3. The maximum atomic E-state index is 12.0. The summed E-state index contributed by atoms with van der Waals surface area (Å²) >= 11 is 0. The highest BCUT2D eigenvalue weighted by atomic mass is 16.5. The molecule has 132 valence electrons. The van der Waals surface area contributed by atoms with Crippen LogP contribution in [0.15, 0.2) is 24.3 Å². The summed E-state index contributed by atoms with van der Waals surface area (Å²) in [6, 6.07) is 6.21. The lowest BCUT2D eigenvalue weighted by Gasteiger charge is -2.38. The van der Waals surface area contributed by atoms with Crippen molar-refractivity contribution in [2.75, 3.05) is 13.7 Å². The number of amides is 2. The van der Waals surface area contributed by atoms with Gasteiger partial charge in [-0.15, -0.1) is 0 Å². The zero-order valence-electron chi connectivity index (χ0n) is 14.3. The Morgan fingerprint density at radius 2 is 1.83 bits per heavy atom. The van der Waals surface area contributed by atoms with E-state index in [1.54, 1.807) is 19.2 Å². The first-order valence-corrected chi connectivity index (χ1v) is 8.33. The highest BCUT2D eigenvalue weighted by Gasteiger charge is 2.34. The number of ether oxygens (including phenoxy) is 1. The lowest BCUT2D eigenvalue weighted by atomic mass is 9.79. The van der Waals surface area contributed by atoms with Crippen LogP contribution < -0.4 is 10.6 Å². The molecule has 1 saturated carbocycles. The molecule has 6 nitrogen and oxygen atoms in total. The van der Waals surface area contributed by atoms with Crippen molar-refractivity contribution in [1.82, 2.24) is 10.6 Å². The SMILES string of the molecule is COC1(CNC(=O)NCc2ccc(C(=O)O)cc2)CCC(C)CC1. The minimum Gasteiger partial charge on any atom is -0.478 e. The van der Waals surface area contributed by atoms with Crippen molar-refractivity contribution in [3.8, 4) is 0 Å². The number of rotatable bonds is 6. The standard InChI is InChI=1S/C18H26N2O4/c1-13-7-9-18(24-2,10-8-13)12-20-17(23)19-11-14-3-5-15(6-4-14)16(21)22/h3-6,13H,7-12H2,1-2H3,(H,21,22)(H2,19,20,23). The summed E-state index contributed by atoms with van der Waals surface area (Å²) in [6.07, 6.45) is 4.16. The van der Waals surface area contributed by atoms with Gasteiger partial charge in [0.2, 0.25) is 0 Å². The van der Waals surface area contributed by atoms with E-state index in [2.05, 4.69) is 17.6 Å². The molecule has 0 spiro atoms. The molecule has 1 fully saturated rings. The van der Waals surface area contributed by atoms with Crippen LogP contribution in [0.4, 0.5) is 4.79 Å². The molecule has 0 saturated heterocycles. The van der Waals surface area contributed by atoms with Crippen molar-refractivity contribution < 1.29 is 19.4 Å². The van der Waals surface area contributed by atoms with Gasteiger partial charge in [-0.25, -0.2) is 9.59 Å². The van der Waals surface area contributed by atoms with Gasteiger partial charge in [0.05, 0.1) is 11.2 Å². The summed E-state index contributed by atoms with van der Waals surface area (Å²) in [7, 11) is 1.71. The number of carbonyl (C=O) groups excluding carboxylic acids is 1. The van der Waals surface area contributed by atoms with Crippen LogP contribution in [-0.4, -0.2) is 36.4 Å². The molecule has 2 amide bonds. The molecule has 1 aromatic carbocycles. The Morgan fingerprint density at radius 3 is 2.38 bits per heavy atom. The number of methoxy groups -OCH3 is 1. The van der Waals surface area contributed by atoms with E-state index in [0.29, 0.717) is 13.1 Å². The van der Waals surface area contributed by atoms with E-state index < -0.39 is 5.97 Å². The van der Waals surface area contributed by atoms with Gasteiger partial charge in [-0.05, 0) is 49.3 Å². The molecule has 1 aromatic rings. The van der Waals surface area contributed by atoms with Crippen LogP contribution in [0.2, 0.25) is 0 Å². The van der Waals surface area contributed by atoms with Crippen molar-refractivity contribution in [2.24, 2.45) is 5.92 Å². The quantitative estimate of drug-likeness (QED) is 0.746. The van der Waals surface area contributed by atoms with Crippen LogP contribution in [0, 0.1) is 5.92 Å². The minimum absolute atomic E-state index is 0.233. The third kappa shape index (κ3) is 4.96. The smallest absolute Gasteiger partial charge is 0.335 e. The first kappa shape index (κ1) is 18.3. The van der Waals surface area contributed by atoms with Gasteiger partial charge in [0.15, 0.2) is 0 Å². The predicted octanol–water partition coefficient (Wildman–Crippen LogP) is 2.78. The summed E-state index contributed by atoms with van der Waals surface area (Å²) in [5, 5.41) is 14.5. The molecule has 0 unspecified atom stereocenters. The average Bonchev–Trinajstić information content (AvgIpc) is 2.60. The van der Waals surface area contributed by atoms with Crippen molar-refractivity contribution in [1.29, 1.82) is 0 Å². The highest BCUT2D eigenvalue weighted by Crippen LogP contribution is 2.33. The summed E-state index contributed by atoms with van der Waals surface area (Å²) in [4.78, 5) is 22.8. The fourth-order valence-corrected chi connectivity index (χ4v) is 2.99. The summed E-state index contributed by atoms with van der Waals surface area (Å²) in [5.41, 5.74) is 0.826. The Balaban J connectivity index is 1.77. The monoisotopic (exact) mass is 334 g/mol. The van der Waals surface area contributed by atoms with Gasteiger partial charge in [0.25, 0.3) is 0 Å². The van der Waals surface area contributed by atoms with Gasteiger partial charge >= 0.3 is 12.0 Å². The largest absolute Gasteiger partial charge is 0.478 e. The number of urea groups is 1. The third-order valence-electron chi connectivity index (χ3n) is 4.84. The number of carboxylic acid groups (broad SMARTS) is 1. The Kier molecular flexibility index (Phi) is 6.20. The maximum absolute atomic E-state index is 12.0. The normalized spacial score (nSPS) is 23.5. The molecule has 6 heteroatoms. The second-order valence-electron chi connectivity index (χ2n) is 6.61. The lowest BCUT2D eigenvalue weighted by molar-refractivity contribution is -0.0439. The van der Waals surface area contributed by atoms with Crippen LogP contribution in [0.3, 0.4) is 0 Å². The van der Waals surface area contributed by atoms with Crippen molar-refractivity contribution >= 4 is 12.0 Å². The number of hydrogen-bond donors (Lipinski definition) is 3. The first-order valence-electron chi connectivity index (χ1n) is 8.33.